The molecule has 1 N–H and O–H groups in total. The van der Waals surface area contributed by atoms with Crippen LogP contribution in [0.25, 0.3) is 0 Å². The molecule has 8 heteroatoms. The van der Waals surface area contributed by atoms with Crippen LogP contribution in [0.4, 0.5) is 0 Å². The number of rotatable bonds is 9. The van der Waals surface area contributed by atoms with E-state index < -0.39 is 10.0 Å². The molecule has 0 saturated carbocycles. The first kappa shape index (κ1) is 24.9. The lowest BCUT2D eigenvalue weighted by Gasteiger charge is -2.32. The van der Waals surface area contributed by atoms with E-state index in [4.69, 9.17) is 0 Å². The number of carbonyl (C=O) groups excluding carboxylic acids is 1. The van der Waals surface area contributed by atoms with Crippen molar-refractivity contribution in [3.05, 3.63) is 29.8 Å². The van der Waals surface area contributed by atoms with Crippen molar-refractivity contribution in [3.63, 3.8) is 0 Å². The smallest absolute Gasteiger partial charge is 0.253 e. The van der Waals surface area contributed by atoms with E-state index in [0.29, 0.717) is 24.6 Å². The van der Waals surface area contributed by atoms with Crippen LogP contribution in [0.15, 0.2) is 29.2 Å². The zero-order chi connectivity index (χ0) is 19.9. The number of amides is 1. The van der Waals surface area contributed by atoms with Crippen LogP contribution >= 0.6 is 12.4 Å². The Labute approximate surface area is 176 Å². The topological polar surface area (TPSA) is 69.7 Å². The highest BCUT2D eigenvalue weighted by atomic mass is 35.5. The maximum Gasteiger partial charge on any atom is 0.253 e. The minimum Gasteiger partial charge on any atom is -0.339 e. The minimum atomic E-state index is -3.50. The standard InChI is InChI=1S/C20H33N3O3S.ClH/c1-4-12-23(13-5-2)27(25,26)19-8-6-18(7-9-19)20(24)22-14-10-17(11-15-22)16-21-3;/h6-9,17,21H,4-5,10-16H2,1-3H3;1H. The van der Waals surface area contributed by atoms with Gasteiger partial charge in [-0.1, -0.05) is 13.8 Å². The summed E-state index contributed by atoms with van der Waals surface area (Å²) in [4.78, 5) is 14.8. The Morgan fingerprint density at radius 2 is 1.64 bits per heavy atom. The average Bonchev–Trinajstić information content (AvgIpc) is 2.68. The van der Waals surface area contributed by atoms with Crippen molar-refractivity contribution >= 4 is 28.3 Å². The van der Waals surface area contributed by atoms with Crippen LogP contribution < -0.4 is 5.32 Å². The molecule has 1 aromatic carbocycles. The van der Waals surface area contributed by atoms with Crippen LogP contribution in [0.3, 0.4) is 0 Å². The third-order valence-electron chi connectivity index (χ3n) is 5.08. The van der Waals surface area contributed by atoms with Crippen molar-refractivity contribution < 1.29 is 13.2 Å². The van der Waals surface area contributed by atoms with Crippen molar-refractivity contribution in [2.75, 3.05) is 39.8 Å². The van der Waals surface area contributed by atoms with Crippen LogP contribution in [0.1, 0.15) is 49.9 Å². The Morgan fingerprint density at radius 3 is 2.11 bits per heavy atom. The predicted octanol–water partition coefficient (Wildman–Crippen LogP) is 2.99. The lowest BCUT2D eigenvalue weighted by Crippen LogP contribution is -2.40. The molecular weight excluding hydrogens is 398 g/mol. The summed E-state index contributed by atoms with van der Waals surface area (Å²) in [5.41, 5.74) is 0.554. The first-order chi connectivity index (χ1) is 12.9. The van der Waals surface area contributed by atoms with E-state index in [-0.39, 0.29) is 23.2 Å². The number of hydrogen-bond acceptors (Lipinski definition) is 4. The number of benzene rings is 1. The van der Waals surface area contributed by atoms with Crippen LogP contribution in [0.5, 0.6) is 0 Å². The molecule has 0 aliphatic carbocycles. The van der Waals surface area contributed by atoms with Crippen LogP contribution in [0, 0.1) is 5.92 Å². The fourth-order valence-corrected chi connectivity index (χ4v) is 5.20. The quantitative estimate of drug-likeness (QED) is 0.652. The highest BCUT2D eigenvalue weighted by Gasteiger charge is 2.25. The van der Waals surface area contributed by atoms with Crippen molar-refractivity contribution in [1.29, 1.82) is 0 Å². The number of nitrogens with one attached hydrogen (secondary N) is 1. The summed E-state index contributed by atoms with van der Waals surface area (Å²) in [7, 11) is -1.55. The van der Waals surface area contributed by atoms with Gasteiger partial charge in [-0.2, -0.15) is 4.31 Å². The van der Waals surface area contributed by atoms with Crippen molar-refractivity contribution in [2.24, 2.45) is 5.92 Å². The monoisotopic (exact) mass is 431 g/mol. The van der Waals surface area contributed by atoms with Crippen LogP contribution in [-0.2, 0) is 10.0 Å². The maximum atomic E-state index is 12.8. The van der Waals surface area contributed by atoms with E-state index in [1.807, 2.05) is 25.8 Å². The van der Waals surface area contributed by atoms with Gasteiger partial charge in [0.25, 0.3) is 5.91 Å². The van der Waals surface area contributed by atoms with E-state index in [1.165, 1.54) is 4.31 Å². The summed E-state index contributed by atoms with van der Waals surface area (Å²) in [6.07, 6.45) is 3.56. The molecule has 1 saturated heterocycles. The number of sulfonamides is 1. The van der Waals surface area contributed by atoms with E-state index in [1.54, 1.807) is 24.3 Å². The molecule has 1 amide bonds. The van der Waals surface area contributed by atoms with Crippen molar-refractivity contribution in [3.8, 4) is 0 Å². The van der Waals surface area contributed by atoms with Gasteiger partial charge in [-0.05, 0) is 69.5 Å². The normalized spacial score (nSPS) is 15.5. The Morgan fingerprint density at radius 1 is 1.11 bits per heavy atom. The molecule has 0 aromatic heterocycles. The molecule has 0 radical (unpaired) electrons. The fourth-order valence-electron chi connectivity index (χ4n) is 3.58. The van der Waals surface area contributed by atoms with E-state index in [9.17, 15) is 13.2 Å². The van der Waals surface area contributed by atoms with Gasteiger partial charge >= 0.3 is 0 Å². The van der Waals surface area contributed by atoms with Gasteiger partial charge in [0.2, 0.25) is 10.0 Å². The fraction of sp³-hybridized carbons (Fsp3) is 0.650. The van der Waals surface area contributed by atoms with Gasteiger partial charge < -0.3 is 10.2 Å². The Balaban J connectivity index is 0.00000392. The molecule has 6 nitrogen and oxygen atoms in total. The Hall–Kier alpha value is -1.15. The first-order valence-corrected chi connectivity index (χ1v) is 11.4. The van der Waals surface area contributed by atoms with E-state index in [0.717, 1.165) is 45.3 Å². The van der Waals surface area contributed by atoms with Gasteiger partial charge in [-0.15, -0.1) is 12.4 Å². The van der Waals surface area contributed by atoms with Gasteiger partial charge in [0.15, 0.2) is 0 Å². The van der Waals surface area contributed by atoms with Crippen molar-refractivity contribution in [2.45, 2.75) is 44.4 Å². The Kier molecular flexibility index (Phi) is 10.4. The first-order valence-electron chi connectivity index (χ1n) is 9.98. The number of halogens is 1. The van der Waals surface area contributed by atoms with Crippen LogP contribution in [-0.4, -0.2) is 63.3 Å². The number of carbonyl (C=O) groups is 1. The zero-order valence-corrected chi connectivity index (χ0v) is 18.8. The Bertz CT molecular complexity index is 696. The molecule has 0 bridgehead atoms. The van der Waals surface area contributed by atoms with Gasteiger partial charge in [0.05, 0.1) is 4.90 Å². The van der Waals surface area contributed by atoms with E-state index in [2.05, 4.69) is 5.32 Å². The second-order valence-electron chi connectivity index (χ2n) is 7.22. The van der Waals surface area contributed by atoms with Gasteiger partial charge in [-0.3, -0.25) is 4.79 Å². The molecule has 1 heterocycles. The summed E-state index contributed by atoms with van der Waals surface area (Å²) in [6, 6.07) is 6.42. The van der Waals surface area contributed by atoms with Gasteiger partial charge in [0, 0.05) is 31.7 Å². The third kappa shape index (κ3) is 6.17. The molecule has 0 atom stereocenters. The molecule has 1 fully saturated rings. The summed E-state index contributed by atoms with van der Waals surface area (Å²) in [6.45, 7) is 7.47. The molecule has 1 aliphatic heterocycles. The molecular formula is C20H34ClN3O3S. The summed E-state index contributed by atoms with van der Waals surface area (Å²) < 4.78 is 27.2. The number of likely N-dealkylation sites (tertiary alicyclic amines) is 1. The molecule has 0 spiro atoms. The SMILES string of the molecule is CCCN(CCC)S(=O)(=O)c1ccc(C(=O)N2CCC(CNC)CC2)cc1.Cl. The van der Waals surface area contributed by atoms with Crippen LogP contribution in [0.2, 0.25) is 0 Å². The lowest BCUT2D eigenvalue weighted by molar-refractivity contribution is 0.0691. The third-order valence-corrected chi connectivity index (χ3v) is 6.99. The summed E-state index contributed by atoms with van der Waals surface area (Å²) >= 11 is 0. The second kappa shape index (κ2) is 11.8. The minimum absolute atomic E-state index is 0. The number of nitrogens with zero attached hydrogens (tertiary/aromatic N) is 2. The molecule has 160 valence electrons. The number of hydrogen-bond donors (Lipinski definition) is 1. The zero-order valence-electron chi connectivity index (χ0n) is 17.2. The maximum absolute atomic E-state index is 12.8. The summed E-state index contributed by atoms with van der Waals surface area (Å²) in [5, 5.41) is 3.20. The molecule has 0 unspecified atom stereocenters. The predicted molar refractivity (Wildman–Crippen MR) is 116 cm³/mol. The van der Waals surface area contributed by atoms with Gasteiger partial charge in [0.1, 0.15) is 0 Å². The molecule has 2 rings (SSSR count). The number of piperidine rings is 1. The lowest BCUT2D eigenvalue weighted by atomic mass is 9.96. The highest BCUT2D eigenvalue weighted by Crippen LogP contribution is 2.21. The molecule has 1 aromatic rings. The molecule has 28 heavy (non-hydrogen) atoms. The van der Waals surface area contributed by atoms with Gasteiger partial charge in [-0.25, -0.2) is 8.42 Å². The van der Waals surface area contributed by atoms with Crippen molar-refractivity contribution in [1.82, 2.24) is 14.5 Å². The molecule has 1 aliphatic rings. The average molecular weight is 432 g/mol. The highest BCUT2D eigenvalue weighted by molar-refractivity contribution is 7.89. The second-order valence-corrected chi connectivity index (χ2v) is 9.16. The summed E-state index contributed by atoms with van der Waals surface area (Å²) in [5.74, 6) is 0.607. The van der Waals surface area contributed by atoms with E-state index >= 15 is 0 Å². The largest absolute Gasteiger partial charge is 0.339 e.